The van der Waals surface area contributed by atoms with E-state index >= 15 is 0 Å². The summed E-state index contributed by atoms with van der Waals surface area (Å²) in [4.78, 5) is 13.0. The van der Waals surface area contributed by atoms with Crippen molar-refractivity contribution < 1.29 is 73.4 Å². The number of hydrogen-bond acceptors (Lipinski definition) is 15. The second kappa shape index (κ2) is 30.3. The number of unbranched alkanes of at least 4 members (excludes halogenated alkanes) is 2. The second-order valence-corrected chi connectivity index (χ2v) is 21.6. The first-order valence-electron chi connectivity index (χ1n) is 24.6. The van der Waals surface area contributed by atoms with Crippen LogP contribution in [0.4, 0.5) is 5.69 Å². The molecule has 0 radical (unpaired) electrons. The van der Waals surface area contributed by atoms with Crippen molar-refractivity contribution in [3.05, 3.63) is 82.6 Å². The van der Waals surface area contributed by atoms with Crippen LogP contribution in [0.25, 0.3) is 17.4 Å². The number of ether oxygens (including phenoxy) is 7. The lowest BCUT2D eigenvalue weighted by atomic mass is 9.77. The molecule has 0 spiro atoms. The summed E-state index contributed by atoms with van der Waals surface area (Å²) in [6, 6.07) is 12.5. The lowest BCUT2D eigenvalue weighted by molar-refractivity contribution is -0.137. The summed E-state index contributed by atoms with van der Waals surface area (Å²) in [6.07, 6.45) is 7.50. The van der Waals surface area contributed by atoms with Crippen molar-refractivity contribution in [2.75, 3.05) is 130 Å². The van der Waals surface area contributed by atoms with E-state index in [9.17, 15) is 35.8 Å². The minimum absolute atomic E-state index is 0.0219. The molecule has 0 amide bonds. The molecule has 1 unspecified atom stereocenters. The van der Waals surface area contributed by atoms with Gasteiger partial charge in [0.25, 0.3) is 20.2 Å². The number of benzene rings is 2. The Morgan fingerprint density at radius 1 is 0.778 bits per heavy atom. The molecule has 1 aliphatic carbocycles. The van der Waals surface area contributed by atoms with Crippen LogP contribution >= 0.6 is 0 Å². The predicted octanol–water partition coefficient (Wildman–Crippen LogP) is 5.39. The fourth-order valence-corrected chi connectivity index (χ4v) is 9.40. The molecule has 1 aromatic rings. The van der Waals surface area contributed by atoms with Crippen molar-refractivity contribution in [1.29, 1.82) is 0 Å². The molecule has 1 atom stereocenters. The number of aliphatic carboxylic acids is 1. The van der Waals surface area contributed by atoms with Crippen LogP contribution in [0.5, 0.6) is 0 Å². The average Bonchev–Trinajstić information content (AvgIpc) is 3.54. The van der Waals surface area contributed by atoms with Gasteiger partial charge in [-0.25, -0.2) is 4.58 Å². The van der Waals surface area contributed by atoms with Crippen LogP contribution in [0.3, 0.4) is 0 Å². The van der Waals surface area contributed by atoms with Gasteiger partial charge in [-0.1, -0.05) is 33.3 Å². The van der Waals surface area contributed by atoms with E-state index in [1.807, 2.05) is 42.2 Å². The molecule has 2 heterocycles. The minimum Gasteiger partial charge on any atom is -0.481 e. The third-order valence-corrected chi connectivity index (χ3v) is 13.7. The van der Waals surface area contributed by atoms with Gasteiger partial charge in [-0.05, 0) is 91.6 Å². The maximum atomic E-state index is 12.4. The third kappa shape index (κ3) is 20.3. The van der Waals surface area contributed by atoms with Crippen LogP contribution in [0.1, 0.15) is 83.1 Å². The van der Waals surface area contributed by atoms with Crippen LogP contribution in [-0.4, -0.2) is 162 Å². The van der Waals surface area contributed by atoms with Gasteiger partial charge in [0.05, 0.1) is 89.4 Å². The van der Waals surface area contributed by atoms with Gasteiger partial charge in [0.15, 0.2) is 13.1 Å². The number of nitrogens with zero attached hydrogens (tertiary/aromatic N) is 2. The third-order valence-electron chi connectivity index (χ3n) is 12.0. The summed E-state index contributed by atoms with van der Waals surface area (Å²) in [6.45, 7) is 16.1. The first-order valence-corrected chi connectivity index (χ1v) is 27.6. The number of carboxylic acids is 1. The highest BCUT2D eigenvalue weighted by Crippen LogP contribution is 2.51. The fraction of sp³-hybridized carbons (Fsp3) is 0.608. The fourth-order valence-electron chi connectivity index (χ4n) is 8.38. The molecular weight excluding hydrogens is 975 g/mol. The molecular formula is C51H78N3O16S2+. The summed E-state index contributed by atoms with van der Waals surface area (Å²) in [7, 11) is -7.29. The van der Waals surface area contributed by atoms with Crippen LogP contribution in [0.15, 0.2) is 69.6 Å². The molecule has 21 heteroatoms. The molecule has 3 aliphatic rings. The van der Waals surface area contributed by atoms with E-state index in [4.69, 9.17) is 43.3 Å². The van der Waals surface area contributed by atoms with Crippen LogP contribution in [0.2, 0.25) is 0 Å². The van der Waals surface area contributed by atoms with Crippen molar-refractivity contribution >= 4 is 38.0 Å². The summed E-state index contributed by atoms with van der Waals surface area (Å²) < 4.78 is 116. The van der Waals surface area contributed by atoms with Crippen LogP contribution in [-0.2, 0) is 69.0 Å². The molecule has 404 valence electrons. The van der Waals surface area contributed by atoms with Gasteiger partial charge in [-0.15, -0.1) is 0 Å². The summed E-state index contributed by atoms with van der Waals surface area (Å²) in [5, 5.41) is 10.1. The van der Waals surface area contributed by atoms with E-state index in [-0.39, 0.29) is 29.6 Å². The van der Waals surface area contributed by atoms with Gasteiger partial charge in [-0.2, -0.15) is 16.8 Å². The Kier molecular flexibility index (Phi) is 25.5. The molecule has 0 bridgehead atoms. The molecule has 2 aliphatic heterocycles. The SMILES string of the molecule is COCCOCCOCCOCC[N+](CCOCCOCCOCCN)=c1ccc2c(C(C)(C)C)cc(C=CC=C3N(CCCCCC(=O)O)c4ccc(S(=O)(=O)O)cc4C3(C)CCCS(=O)(=O)O)oc-2c1. The quantitative estimate of drug-likeness (QED) is 0.0323. The molecule has 0 saturated carbocycles. The van der Waals surface area contributed by atoms with Gasteiger partial charge in [-0.3, -0.25) is 13.9 Å². The van der Waals surface area contributed by atoms with Crippen molar-refractivity contribution in [3.63, 3.8) is 0 Å². The van der Waals surface area contributed by atoms with E-state index in [1.165, 1.54) is 12.1 Å². The smallest absolute Gasteiger partial charge is 0.303 e. The summed E-state index contributed by atoms with van der Waals surface area (Å²) >= 11 is 0. The second-order valence-electron chi connectivity index (χ2n) is 18.6. The monoisotopic (exact) mass is 1050 g/mol. The zero-order valence-electron chi connectivity index (χ0n) is 42.7. The first kappa shape index (κ1) is 60.5. The van der Waals surface area contributed by atoms with Gasteiger partial charge in [0, 0.05) is 55.0 Å². The van der Waals surface area contributed by atoms with Gasteiger partial charge < -0.3 is 53.3 Å². The zero-order valence-corrected chi connectivity index (χ0v) is 44.3. The molecule has 0 aromatic heterocycles. The number of rotatable bonds is 36. The number of allylic oxidation sites excluding steroid dienone is 3. The maximum absolute atomic E-state index is 12.4. The molecule has 4 rings (SSSR count). The molecule has 19 nitrogen and oxygen atoms in total. The average molecular weight is 1050 g/mol. The number of nitrogens with two attached hydrogens (primary N) is 1. The van der Waals surface area contributed by atoms with Crippen molar-refractivity contribution in [3.8, 4) is 11.3 Å². The largest absolute Gasteiger partial charge is 0.481 e. The number of methoxy groups -OCH3 is 1. The molecule has 72 heavy (non-hydrogen) atoms. The number of carbonyl (C=O) groups is 1. The normalized spacial score (nSPS) is 16.4. The Labute approximate surface area is 425 Å². The number of carboxylic acid groups (broad SMARTS) is 1. The van der Waals surface area contributed by atoms with E-state index < -0.39 is 37.4 Å². The molecule has 1 aromatic carbocycles. The standard InChI is InChI=1S/C51H77N3O16S2/c1-50(2,3)44-38-41(11-9-12-48-51(4,18-10-36-71(57,58)59)45-39-42(72(60,61)62)15-17-46(45)54(48)20-8-6-7-13-49(55)56)70-47-37-40(14-16-43(44)47)53(21-24-65-29-32-68-31-28-64-23-19-52)22-25-66-30-33-69-35-34-67-27-26-63-5/h9,11-12,14-17,37-39H,6-8,10,13,18-36,52H2,1-5H3,(H2-,55,56,57,58,59,60,61,62)/p+1. The molecule has 0 saturated heterocycles. The summed E-state index contributed by atoms with van der Waals surface area (Å²) in [5.74, 6) is -0.200. The first-order chi connectivity index (χ1) is 34.3. The Balaban J connectivity index is 1.70. The Morgan fingerprint density at radius 2 is 1.38 bits per heavy atom. The van der Waals surface area contributed by atoms with Crippen molar-refractivity contribution in [1.82, 2.24) is 4.58 Å². The Hall–Kier alpha value is -4.10. The molecule has 5 N–H and O–H groups in total. The lowest BCUT2D eigenvalue weighted by Gasteiger charge is -2.30. The van der Waals surface area contributed by atoms with Gasteiger partial charge in [0.1, 0.15) is 24.7 Å². The predicted molar refractivity (Wildman–Crippen MR) is 275 cm³/mol. The van der Waals surface area contributed by atoms with E-state index in [2.05, 4.69) is 37.5 Å². The maximum Gasteiger partial charge on any atom is 0.303 e. The van der Waals surface area contributed by atoms with Crippen molar-refractivity contribution in [2.45, 2.75) is 81.9 Å². The highest BCUT2D eigenvalue weighted by Gasteiger charge is 2.43. The van der Waals surface area contributed by atoms with E-state index in [0.717, 1.165) is 22.2 Å². The zero-order chi connectivity index (χ0) is 52.6. The van der Waals surface area contributed by atoms with E-state index in [0.29, 0.717) is 154 Å². The van der Waals surface area contributed by atoms with Gasteiger partial charge in [0.2, 0.25) is 5.36 Å². The molecule has 0 fully saturated rings. The van der Waals surface area contributed by atoms with Crippen LogP contribution in [0, 0.1) is 0 Å². The minimum atomic E-state index is -4.60. The summed E-state index contributed by atoms with van der Waals surface area (Å²) in [5.41, 5.74) is 8.12. The van der Waals surface area contributed by atoms with Gasteiger partial charge >= 0.3 is 5.97 Å². The Morgan fingerprint density at radius 3 is 1.93 bits per heavy atom. The topological polar surface area (TPSA) is 256 Å². The highest BCUT2D eigenvalue weighted by molar-refractivity contribution is 7.86. The van der Waals surface area contributed by atoms with Crippen molar-refractivity contribution in [2.24, 2.45) is 5.73 Å². The van der Waals surface area contributed by atoms with Crippen LogP contribution < -0.4 is 20.6 Å². The number of hydrogen-bond donors (Lipinski definition) is 4. The highest BCUT2D eigenvalue weighted by atomic mass is 32.2. The lowest BCUT2D eigenvalue weighted by Crippen LogP contribution is -2.36. The number of fused-ring (bicyclic) bond motifs is 2. The number of anilines is 1. The Bertz CT molecular complexity index is 2470. The van der Waals surface area contributed by atoms with E-state index in [1.54, 1.807) is 13.2 Å².